The van der Waals surface area contributed by atoms with Crippen LogP contribution in [-0.4, -0.2) is 34.7 Å². The van der Waals surface area contributed by atoms with Crippen molar-refractivity contribution in [3.8, 4) is 0 Å². The largest absolute Gasteiger partial charge is 0.247 e. The van der Waals surface area contributed by atoms with Crippen molar-refractivity contribution >= 4 is 9.84 Å². The van der Waals surface area contributed by atoms with Crippen LogP contribution in [0.3, 0.4) is 0 Å². The molecule has 0 bridgehead atoms. The average molecular weight is 269 g/mol. The van der Waals surface area contributed by atoms with Crippen molar-refractivity contribution in [2.45, 2.75) is 51.0 Å². The van der Waals surface area contributed by atoms with Gasteiger partial charge in [-0.15, -0.1) is 0 Å². The van der Waals surface area contributed by atoms with Gasteiger partial charge >= 0.3 is 0 Å². The summed E-state index contributed by atoms with van der Waals surface area (Å²) in [6, 6.07) is 0.433. The van der Waals surface area contributed by atoms with Gasteiger partial charge in [-0.25, -0.2) is 18.1 Å². The van der Waals surface area contributed by atoms with Crippen LogP contribution in [-0.2, 0) is 16.3 Å². The molecule has 1 unspecified atom stereocenters. The number of rotatable bonds is 1. The molecule has 0 amide bonds. The van der Waals surface area contributed by atoms with E-state index in [4.69, 9.17) is 0 Å². The first-order valence-corrected chi connectivity index (χ1v) is 8.53. The number of aryl methyl sites for hydroxylation is 1. The molecule has 0 spiro atoms. The molecule has 3 rings (SSSR count). The Bertz CT molecular complexity index is 536. The van der Waals surface area contributed by atoms with E-state index < -0.39 is 9.84 Å². The molecule has 6 heteroatoms. The van der Waals surface area contributed by atoms with Crippen molar-refractivity contribution in [2.75, 3.05) is 11.5 Å². The van der Waals surface area contributed by atoms with Crippen molar-refractivity contribution in [1.29, 1.82) is 0 Å². The first kappa shape index (κ1) is 12.1. The topological polar surface area (TPSA) is 64.8 Å². The Morgan fingerprint density at radius 3 is 2.61 bits per heavy atom. The monoisotopic (exact) mass is 269 g/mol. The minimum Gasteiger partial charge on any atom is -0.247 e. The van der Waals surface area contributed by atoms with Gasteiger partial charge in [-0.3, -0.25) is 0 Å². The number of fused-ring (bicyclic) bond motifs is 1. The quantitative estimate of drug-likeness (QED) is 0.774. The molecular formula is C12H19N3O2S. The van der Waals surface area contributed by atoms with Crippen LogP contribution < -0.4 is 0 Å². The zero-order valence-electron chi connectivity index (χ0n) is 10.7. The Morgan fingerprint density at radius 2 is 1.94 bits per heavy atom. The molecule has 0 radical (unpaired) electrons. The van der Waals surface area contributed by atoms with Crippen molar-refractivity contribution in [3.05, 3.63) is 11.6 Å². The fourth-order valence-electron chi connectivity index (χ4n) is 2.90. The van der Waals surface area contributed by atoms with E-state index >= 15 is 0 Å². The smallest absolute Gasteiger partial charge is 0.154 e. The number of nitrogens with zero attached hydrogens (tertiary/aromatic N) is 3. The molecule has 0 saturated carbocycles. The Labute approximate surface area is 108 Å². The molecule has 3 heterocycles. The van der Waals surface area contributed by atoms with Crippen LogP contribution in [0.25, 0.3) is 0 Å². The van der Waals surface area contributed by atoms with Gasteiger partial charge in [0.1, 0.15) is 15.7 Å². The van der Waals surface area contributed by atoms with Crippen molar-refractivity contribution < 1.29 is 8.42 Å². The zero-order chi connectivity index (χ0) is 12.8. The maximum absolute atomic E-state index is 11.4. The molecule has 1 saturated heterocycles. The predicted molar refractivity (Wildman–Crippen MR) is 68.3 cm³/mol. The summed E-state index contributed by atoms with van der Waals surface area (Å²) in [6.45, 7) is 2.17. The van der Waals surface area contributed by atoms with Crippen LogP contribution in [0, 0.1) is 0 Å². The lowest BCUT2D eigenvalue weighted by Crippen LogP contribution is -2.23. The predicted octanol–water partition coefficient (Wildman–Crippen LogP) is 1.47. The maximum Gasteiger partial charge on any atom is 0.154 e. The molecule has 2 aliphatic rings. The fourth-order valence-corrected chi connectivity index (χ4v) is 4.39. The fraction of sp³-hybridized carbons (Fsp3) is 0.833. The second-order valence-corrected chi connectivity index (χ2v) is 7.80. The number of aromatic nitrogens is 3. The van der Waals surface area contributed by atoms with Crippen LogP contribution in [0.2, 0.25) is 0 Å². The van der Waals surface area contributed by atoms with Crippen LogP contribution in [0.15, 0.2) is 0 Å². The molecule has 1 aromatic rings. The molecule has 0 N–H and O–H groups in total. The summed E-state index contributed by atoms with van der Waals surface area (Å²) >= 11 is 0. The molecule has 0 aromatic carbocycles. The van der Waals surface area contributed by atoms with E-state index in [-0.39, 0.29) is 17.4 Å². The lowest BCUT2D eigenvalue weighted by atomic mass is 10.0. The van der Waals surface area contributed by atoms with E-state index in [2.05, 4.69) is 17.0 Å². The van der Waals surface area contributed by atoms with Crippen molar-refractivity contribution in [3.63, 3.8) is 0 Å². The molecule has 5 nitrogen and oxygen atoms in total. The first-order chi connectivity index (χ1) is 8.55. The molecule has 18 heavy (non-hydrogen) atoms. The SMILES string of the molecule is CC1CCCc2nc(C3CCS(=O)(=O)CC3)nn21. The second-order valence-electron chi connectivity index (χ2n) is 5.50. The van der Waals surface area contributed by atoms with Crippen LogP contribution in [0.4, 0.5) is 0 Å². The summed E-state index contributed by atoms with van der Waals surface area (Å²) in [7, 11) is -2.80. The van der Waals surface area contributed by atoms with Crippen molar-refractivity contribution in [2.24, 2.45) is 0 Å². The van der Waals surface area contributed by atoms with Gasteiger partial charge in [0.15, 0.2) is 5.82 Å². The van der Waals surface area contributed by atoms with Gasteiger partial charge in [-0.05, 0) is 32.6 Å². The Balaban J connectivity index is 1.82. The van der Waals surface area contributed by atoms with Gasteiger partial charge in [0, 0.05) is 12.3 Å². The zero-order valence-corrected chi connectivity index (χ0v) is 11.5. The molecule has 1 aromatic heterocycles. The van der Waals surface area contributed by atoms with Gasteiger partial charge < -0.3 is 0 Å². The normalized spacial score (nSPS) is 27.9. The summed E-state index contributed by atoms with van der Waals surface area (Å²) < 4.78 is 24.9. The standard InChI is InChI=1S/C12H19N3O2S/c1-9-3-2-4-11-13-12(14-15(9)11)10-5-7-18(16,17)8-6-10/h9-10H,2-8H2,1H3. The van der Waals surface area contributed by atoms with E-state index in [9.17, 15) is 8.42 Å². The number of sulfone groups is 1. The van der Waals surface area contributed by atoms with E-state index in [1.165, 1.54) is 6.42 Å². The summed E-state index contributed by atoms with van der Waals surface area (Å²) in [4.78, 5) is 4.63. The minimum atomic E-state index is -2.80. The molecule has 0 aliphatic carbocycles. The molecule has 2 aliphatic heterocycles. The number of hydrogen-bond acceptors (Lipinski definition) is 4. The van der Waals surface area contributed by atoms with Crippen molar-refractivity contribution in [1.82, 2.24) is 14.8 Å². The van der Waals surface area contributed by atoms with Crippen LogP contribution >= 0.6 is 0 Å². The Morgan fingerprint density at radius 1 is 1.22 bits per heavy atom. The minimum absolute atomic E-state index is 0.235. The summed E-state index contributed by atoms with van der Waals surface area (Å²) in [5.74, 6) is 2.76. The molecular weight excluding hydrogens is 250 g/mol. The van der Waals surface area contributed by atoms with E-state index in [0.29, 0.717) is 18.9 Å². The third-order valence-corrected chi connectivity index (χ3v) is 5.79. The summed E-state index contributed by atoms with van der Waals surface area (Å²) in [5.41, 5.74) is 0. The molecule has 1 fully saturated rings. The maximum atomic E-state index is 11.4. The van der Waals surface area contributed by atoms with E-state index in [1.54, 1.807) is 0 Å². The highest BCUT2D eigenvalue weighted by molar-refractivity contribution is 7.91. The second kappa shape index (κ2) is 4.33. The number of hydrogen-bond donors (Lipinski definition) is 0. The first-order valence-electron chi connectivity index (χ1n) is 6.71. The Kier molecular flexibility index (Phi) is 2.92. The average Bonchev–Trinajstić information content (AvgIpc) is 2.74. The molecule has 1 atom stereocenters. The van der Waals surface area contributed by atoms with Crippen LogP contribution in [0.1, 0.15) is 56.2 Å². The summed E-state index contributed by atoms with van der Waals surface area (Å²) in [6.07, 6.45) is 4.70. The van der Waals surface area contributed by atoms with Gasteiger partial charge in [-0.2, -0.15) is 5.10 Å². The third-order valence-electron chi connectivity index (χ3n) is 4.08. The highest BCUT2D eigenvalue weighted by Crippen LogP contribution is 2.30. The lowest BCUT2D eigenvalue weighted by molar-refractivity contribution is 0.385. The molecule has 100 valence electrons. The third kappa shape index (κ3) is 2.18. The highest BCUT2D eigenvalue weighted by atomic mass is 32.2. The van der Waals surface area contributed by atoms with Crippen LogP contribution in [0.5, 0.6) is 0 Å². The van der Waals surface area contributed by atoms with Gasteiger partial charge in [0.05, 0.1) is 17.5 Å². The van der Waals surface area contributed by atoms with Gasteiger partial charge in [-0.1, -0.05) is 0 Å². The Hall–Kier alpha value is -0.910. The summed E-state index contributed by atoms with van der Waals surface area (Å²) in [5, 5.41) is 4.61. The lowest BCUT2D eigenvalue weighted by Gasteiger charge is -2.19. The van der Waals surface area contributed by atoms with E-state index in [0.717, 1.165) is 24.5 Å². The van der Waals surface area contributed by atoms with E-state index in [1.807, 2.05) is 4.68 Å². The van der Waals surface area contributed by atoms with Gasteiger partial charge in [0.2, 0.25) is 0 Å². The van der Waals surface area contributed by atoms with Gasteiger partial charge in [0.25, 0.3) is 0 Å². The highest BCUT2D eigenvalue weighted by Gasteiger charge is 2.29.